The number of benzene rings is 1. The fraction of sp³-hybridized carbons (Fsp3) is 0.467. The smallest absolute Gasteiger partial charge is 0.137 e. The Balaban J connectivity index is 1.41. The van der Waals surface area contributed by atoms with Gasteiger partial charge in [-0.2, -0.15) is 5.10 Å². The molecule has 5 nitrogen and oxygen atoms in total. The number of halogens is 1. The first-order valence-corrected chi connectivity index (χ1v) is 7.64. The van der Waals surface area contributed by atoms with Crippen molar-refractivity contribution in [1.29, 1.82) is 0 Å². The summed E-state index contributed by atoms with van der Waals surface area (Å²) >= 11 is 5.88. The van der Waals surface area contributed by atoms with Gasteiger partial charge in [-0.05, 0) is 37.1 Å². The molecule has 0 unspecified atom stereocenters. The third-order valence-corrected chi connectivity index (χ3v) is 4.01. The molecule has 0 atom stereocenters. The van der Waals surface area contributed by atoms with Gasteiger partial charge in [0.1, 0.15) is 24.5 Å². The molecule has 6 heteroatoms. The third kappa shape index (κ3) is 4.19. The first kappa shape index (κ1) is 14.4. The summed E-state index contributed by atoms with van der Waals surface area (Å²) in [6.07, 6.45) is 5.75. The zero-order chi connectivity index (χ0) is 14.5. The van der Waals surface area contributed by atoms with E-state index in [0.29, 0.717) is 6.10 Å². The summed E-state index contributed by atoms with van der Waals surface area (Å²) in [5.41, 5.74) is 0. The number of hydrogen-bond acceptors (Lipinski definition) is 4. The molecular formula is C15H19ClN4O. The average Bonchev–Trinajstić information content (AvgIpc) is 3.02. The second kappa shape index (κ2) is 6.91. The summed E-state index contributed by atoms with van der Waals surface area (Å²) < 4.78 is 7.87. The standard InChI is InChI=1S/C15H19ClN4O/c16-13-1-3-14(4-2-13)21-15-5-7-19(8-6-15)9-10-20-12-17-11-18-20/h1-4,11-12,15H,5-10H2. The lowest BCUT2D eigenvalue weighted by Crippen LogP contribution is -2.39. The maximum Gasteiger partial charge on any atom is 0.137 e. The van der Waals surface area contributed by atoms with Crippen molar-refractivity contribution in [3.05, 3.63) is 41.9 Å². The first-order chi connectivity index (χ1) is 10.3. The van der Waals surface area contributed by atoms with Gasteiger partial charge in [0, 0.05) is 24.7 Å². The Labute approximate surface area is 129 Å². The minimum absolute atomic E-state index is 0.300. The Hall–Kier alpha value is -1.59. The summed E-state index contributed by atoms with van der Waals surface area (Å²) in [6.45, 7) is 4.03. The van der Waals surface area contributed by atoms with E-state index < -0.39 is 0 Å². The van der Waals surface area contributed by atoms with Crippen molar-refractivity contribution < 1.29 is 4.74 Å². The third-order valence-electron chi connectivity index (χ3n) is 3.76. The minimum Gasteiger partial charge on any atom is -0.490 e. The summed E-state index contributed by atoms with van der Waals surface area (Å²) in [6, 6.07) is 7.59. The molecule has 1 aromatic carbocycles. The van der Waals surface area contributed by atoms with Gasteiger partial charge in [0.05, 0.1) is 6.54 Å². The van der Waals surface area contributed by atoms with E-state index in [0.717, 1.165) is 49.8 Å². The topological polar surface area (TPSA) is 43.2 Å². The maximum absolute atomic E-state index is 6.00. The lowest BCUT2D eigenvalue weighted by Gasteiger charge is -2.32. The number of piperidine rings is 1. The fourth-order valence-corrected chi connectivity index (χ4v) is 2.67. The van der Waals surface area contributed by atoms with Crippen molar-refractivity contribution in [2.75, 3.05) is 19.6 Å². The Morgan fingerprint density at radius 3 is 2.57 bits per heavy atom. The Kier molecular flexibility index (Phi) is 4.72. The van der Waals surface area contributed by atoms with E-state index in [-0.39, 0.29) is 0 Å². The van der Waals surface area contributed by atoms with Crippen molar-refractivity contribution in [2.24, 2.45) is 0 Å². The van der Waals surface area contributed by atoms with Crippen LogP contribution in [0.15, 0.2) is 36.9 Å². The molecule has 1 aliphatic heterocycles. The molecule has 0 N–H and O–H groups in total. The fourth-order valence-electron chi connectivity index (χ4n) is 2.55. The van der Waals surface area contributed by atoms with E-state index in [1.165, 1.54) is 0 Å². The van der Waals surface area contributed by atoms with Crippen LogP contribution in [-0.2, 0) is 6.54 Å². The van der Waals surface area contributed by atoms with Gasteiger partial charge in [-0.25, -0.2) is 4.98 Å². The zero-order valence-electron chi connectivity index (χ0n) is 11.9. The van der Waals surface area contributed by atoms with Crippen molar-refractivity contribution in [3.63, 3.8) is 0 Å². The van der Waals surface area contributed by atoms with Gasteiger partial charge < -0.3 is 9.64 Å². The molecule has 2 aromatic rings. The highest BCUT2D eigenvalue weighted by molar-refractivity contribution is 6.30. The quantitative estimate of drug-likeness (QED) is 0.851. The van der Waals surface area contributed by atoms with Crippen LogP contribution in [0.3, 0.4) is 0 Å². The zero-order valence-corrected chi connectivity index (χ0v) is 12.6. The van der Waals surface area contributed by atoms with Crippen LogP contribution in [0.2, 0.25) is 5.02 Å². The van der Waals surface area contributed by atoms with Crippen molar-refractivity contribution in [3.8, 4) is 5.75 Å². The lowest BCUT2D eigenvalue weighted by atomic mass is 10.1. The monoisotopic (exact) mass is 306 g/mol. The molecule has 1 fully saturated rings. The highest BCUT2D eigenvalue weighted by Gasteiger charge is 2.20. The van der Waals surface area contributed by atoms with Crippen LogP contribution in [0.4, 0.5) is 0 Å². The van der Waals surface area contributed by atoms with Crippen LogP contribution in [0.1, 0.15) is 12.8 Å². The Morgan fingerprint density at radius 1 is 1.14 bits per heavy atom. The van der Waals surface area contributed by atoms with Gasteiger partial charge >= 0.3 is 0 Å². The molecule has 0 radical (unpaired) electrons. The average molecular weight is 307 g/mol. The molecule has 0 amide bonds. The molecule has 1 aromatic heterocycles. The van der Waals surface area contributed by atoms with Gasteiger partial charge in [0.25, 0.3) is 0 Å². The summed E-state index contributed by atoms with van der Waals surface area (Å²) in [7, 11) is 0. The van der Waals surface area contributed by atoms with E-state index in [1.54, 1.807) is 12.7 Å². The maximum atomic E-state index is 6.00. The van der Waals surface area contributed by atoms with E-state index in [2.05, 4.69) is 15.0 Å². The van der Waals surface area contributed by atoms with Crippen LogP contribution in [-0.4, -0.2) is 45.4 Å². The second-order valence-corrected chi connectivity index (χ2v) is 5.71. The van der Waals surface area contributed by atoms with Crippen LogP contribution in [0, 0.1) is 0 Å². The normalized spacial score (nSPS) is 17.0. The number of ether oxygens (including phenoxy) is 1. The van der Waals surface area contributed by atoms with Crippen molar-refractivity contribution in [2.45, 2.75) is 25.5 Å². The van der Waals surface area contributed by atoms with Crippen molar-refractivity contribution in [1.82, 2.24) is 19.7 Å². The highest BCUT2D eigenvalue weighted by atomic mass is 35.5. The van der Waals surface area contributed by atoms with Crippen molar-refractivity contribution >= 4 is 11.6 Å². The molecule has 2 heterocycles. The molecule has 3 rings (SSSR count). The molecule has 0 aliphatic carbocycles. The van der Waals surface area contributed by atoms with Gasteiger partial charge in [-0.15, -0.1) is 0 Å². The SMILES string of the molecule is Clc1ccc(OC2CCN(CCn3cncn3)CC2)cc1. The van der Waals surface area contributed by atoms with Crippen LogP contribution in [0.5, 0.6) is 5.75 Å². The molecule has 21 heavy (non-hydrogen) atoms. The van der Waals surface area contributed by atoms with Crippen LogP contribution in [0.25, 0.3) is 0 Å². The molecule has 1 saturated heterocycles. The van der Waals surface area contributed by atoms with E-state index in [1.807, 2.05) is 28.9 Å². The number of likely N-dealkylation sites (tertiary alicyclic amines) is 1. The second-order valence-electron chi connectivity index (χ2n) is 5.27. The van der Waals surface area contributed by atoms with E-state index in [4.69, 9.17) is 16.3 Å². The summed E-state index contributed by atoms with van der Waals surface area (Å²) in [5.74, 6) is 0.903. The summed E-state index contributed by atoms with van der Waals surface area (Å²) in [5, 5.41) is 4.86. The molecule has 0 saturated carbocycles. The van der Waals surface area contributed by atoms with E-state index in [9.17, 15) is 0 Å². The highest BCUT2D eigenvalue weighted by Crippen LogP contribution is 2.21. The molecule has 0 spiro atoms. The van der Waals surface area contributed by atoms with E-state index >= 15 is 0 Å². The predicted molar refractivity (Wildman–Crippen MR) is 81.6 cm³/mol. The van der Waals surface area contributed by atoms with Gasteiger partial charge in [-0.1, -0.05) is 11.6 Å². The van der Waals surface area contributed by atoms with Gasteiger partial charge in [0.2, 0.25) is 0 Å². The lowest BCUT2D eigenvalue weighted by molar-refractivity contribution is 0.0980. The predicted octanol–water partition coefficient (Wildman–Crippen LogP) is 2.47. The van der Waals surface area contributed by atoms with Crippen LogP contribution >= 0.6 is 11.6 Å². The minimum atomic E-state index is 0.300. The number of nitrogens with zero attached hydrogens (tertiary/aromatic N) is 4. The molecule has 0 bridgehead atoms. The molecule has 1 aliphatic rings. The van der Waals surface area contributed by atoms with Gasteiger partial charge in [-0.3, -0.25) is 4.68 Å². The van der Waals surface area contributed by atoms with Gasteiger partial charge in [0.15, 0.2) is 0 Å². The number of rotatable bonds is 5. The Bertz CT molecular complexity index is 535. The molecular weight excluding hydrogens is 288 g/mol. The summed E-state index contributed by atoms with van der Waals surface area (Å²) in [4.78, 5) is 6.40. The Morgan fingerprint density at radius 2 is 1.90 bits per heavy atom. The first-order valence-electron chi connectivity index (χ1n) is 7.26. The number of aromatic nitrogens is 3. The molecule has 112 valence electrons. The largest absolute Gasteiger partial charge is 0.490 e. The van der Waals surface area contributed by atoms with Crippen LogP contribution < -0.4 is 4.74 Å². The number of hydrogen-bond donors (Lipinski definition) is 0.